The van der Waals surface area contributed by atoms with Crippen LogP contribution >= 0.6 is 0 Å². The van der Waals surface area contributed by atoms with E-state index in [1.165, 1.54) is 71.0 Å². The molecule has 0 aromatic heterocycles. The van der Waals surface area contributed by atoms with Crippen molar-refractivity contribution in [2.45, 2.75) is 71.3 Å². The molecule has 2 rings (SSSR count). The number of nitrogens with zero attached hydrogens (tertiary/aromatic N) is 1. The van der Waals surface area contributed by atoms with Gasteiger partial charge in [-0.25, -0.2) is 0 Å². The van der Waals surface area contributed by atoms with Crippen LogP contribution in [-0.4, -0.2) is 37.6 Å². The van der Waals surface area contributed by atoms with Crippen LogP contribution < -0.4 is 5.32 Å². The third-order valence-corrected chi connectivity index (χ3v) is 6.05. The lowest BCUT2D eigenvalue weighted by molar-refractivity contribution is 0.143. The molecule has 2 aliphatic rings. The van der Waals surface area contributed by atoms with Crippen molar-refractivity contribution in [3.8, 4) is 0 Å². The second-order valence-corrected chi connectivity index (χ2v) is 7.25. The summed E-state index contributed by atoms with van der Waals surface area (Å²) in [6.07, 6.45) is 11.4. The SMILES string of the molecule is CCC1CCCN(CC2CC(CC)CCC2NC)CC1. The summed E-state index contributed by atoms with van der Waals surface area (Å²) in [4.78, 5) is 2.78. The maximum atomic E-state index is 3.60. The highest BCUT2D eigenvalue weighted by Crippen LogP contribution is 2.32. The topological polar surface area (TPSA) is 15.3 Å². The number of nitrogens with one attached hydrogen (secondary N) is 1. The summed E-state index contributed by atoms with van der Waals surface area (Å²) >= 11 is 0. The maximum Gasteiger partial charge on any atom is 0.0105 e. The summed E-state index contributed by atoms with van der Waals surface area (Å²) in [5.74, 6) is 2.87. The molecule has 0 spiro atoms. The van der Waals surface area contributed by atoms with Crippen molar-refractivity contribution in [1.29, 1.82) is 0 Å². The van der Waals surface area contributed by atoms with Crippen LogP contribution in [0.2, 0.25) is 0 Å². The van der Waals surface area contributed by atoms with Crippen molar-refractivity contribution >= 4 is 0 Å². The Hall–Kier alpha value is -0.0800. The van der Waals surface area contributed by atoms with Crippen molar-refractivity contribution in [2.24, 2.45) is 17.8 Å². The number of rotatable bonds is 5. The van der Waals surface area contributed by atoms with Gasteiger partial charge in [-0.3, -0.25) is 0 Å². The van der Waals surface area contributed by atoms with Crippen LogP contribution in [0.5, 0.6) is 0 Å². The summed E-state index contributed by atoms with van der Waals surface area (Å²) in [5, 5.41) is 3.60. The Morgan fingerprint density at radius 3 is 2.45 bits per heavy atom. The molecule has 1 N–H and O–H groups in total. The lowest BCUT2D eigenvalue weighted by atomic mass is 9.76. The Balaban J connectivity index is 1.85. The van der Waals surface area contributed by atoms with E-state index in [2.05, 4.69) is 31.1 Å². The fraction of sp³-hybridized carbons (Fsp3) is 1.00. The Kier molecular flexibility index (Phi) is 6.83. The molecule has 0 bridgehead atoms. The molecule has 0 radical (unpaired) electrons. The minimum Gasteiger partial charge on any atom is -0.317 e. The van der Waals surface area contributed by atoms with Gasteiger partial charge in [0, 0.05) is 12.6 Å². The van der Waals surface area contributed by atoms with Gasteiger partial charge in [0.25, 0.3) is 0 Å². The summed E-state index contributed by atoms with van der Waals surface area (Å²) in [6, 6.07) is 0.767. The Bertz CT molecular complexity index is 266. The van der Waals surface area contributed by atoms with Gasteiger partial charge in [-0.1, -0.05) is 26.7 Å². The smallest absolute Gasteiger partial charge is 0.0105 e. The molecule has 1 saturated heterocycles. The Labute approximate surface area is 126 Å². The Morgan fingerprint density at radius 2 is 1.75 bits per heavy atom. The molecular weight excluding hydrogens is 244 g/mol. The van der Waals surface area contributed by atoms with E-state index in [1.807, 2.05) is 0 Å². The Morgan fingerprint density at radius 1 is 0.950 bits per heavy atom. The molecule has 2 fully saturated rings. The first-order valence-corrected chi connectivity index (χ1v) is 9.16. The van der Waals surface area contributed by atoms with Gasteiger partial charge >= 0.3 is 0 Å². The highest BCUT2D eigenvalue weighted by atomic mass is 15.1. The fourth-order valence-electron chi connectivity index (χ4n) is 4.46. The second-order valence-electron chi connectivity index (χ2n) is 7.25. The third-order valence-electron chi connectivity index (χ3n) is 6.05. The lowest BCUT2D eigenvalue weighted by Crippen LogP contribution is -2.44. The summed E-state index contributed by atoms with van der Waals surface area (Å²) < 4.78 is 0. The van der Waals surface area contributed by atoms with E-state index in [9.17, 15) is 0 Å². The zero-order valence-electron chi connectivity index (χ0n) is 14.0. The molecule has 1 saturated carbocycles. The summed E-state index contributed by atoms with van der Waals surface area (Å²) in [6.45, 7) is 8.78. The second kappa shape index (κ2) is 8.38. The fourth-order valence-corrected chi connectivity index (χ4v) is 4.46. The monoisotopic (exact) mass is 280 g/mol. The minimum atomic E-state index is 0.767. The van der Waals surface area contributed by atoms with Crippen molar-refractivity contribution in [3.63, 3.8) is 0 Å². The van der Waals surface area contributed by atoms with E-state index < -0.39 is 0 Å². The zero-order valence-corrected chi connectivity index (χ0v) is 14.0. The standard InChI is InChI=1S/C18H36N2/c1-4-15-7-6-11-20(12-10-15)14-17-13-16(5-2)8-9-18(17)19-3/h15-19H,4-14H2,1-3H3. The maximum absolute atomic E-state index is 3.60. The molecule has 0 aromatic rings. The molecule has 4 atom stereocenters. The van der Waals surface area contributed by atoms with Crippen LogP contribution in [0.3, 0.4) is 0 Å². The van der Waals surface area contributed by atoms with E-state index in [4.69, 9.17) is 0 Å². The normalized spacial score (nSPS) is 36.8. The predicted octanol–water partition coefficient (Wildman–Crippen LogP) is 3.91. The molecule has 1 aliphatic heterocycles. The first-order valence-electron chi connectivity index (χ1n) is 9.16. The van der Waals surface area contributed by atoms with Gasteiger partial charge in [0.2, 0.25) is 0 Å². The number of likely N-dealkylation sites (tertiary alicyclic amines) is 1. The summed E-state index contributed by atoms with van der Waals surface area (Å²) in [7, 11) is 2.17. The van der Waals surface area contributed by atoms with Gasteiger partial charge in [-0.05, 0) is 76.4 Å². The highest BCUT2D eigenvalue weighted by molar-refractivity contribution is 4.86. The molecule has 2 nitrogen and oxygen atoms in total. The first kappa shape index (κ1) is 16.3. The largest absolute Gasteiger partial charge is 0.317 e. The van der Waals surface area contributed by atoms with Gasteiger partial charge in [0.15, 0.2) is 0 Å². The first-order chi connectivity index (χ1) is 9.76. The molecule has 0 amide bonds. The van der Waals surface area contributed by atoms with Crippen LogP contribution in [0.25, 0.3) is 0 Å². The van der Waals surface area contributed by atoms with Crippen molar-refractivity contribution in [1.82, 2.24) is 10.2 Å². The van der Waals surface area contributed by atoms with Crippen LogP contribution in [0.15, 0.2) is 0 Å². The molecule has 1 heterocycles. The van der Waals surface area contributed by atoms with E-state index in [1.54, 1.807) is 0 Å². The molecule has 2 heteroatoms. The average Bonchev–Trinajstić information content (AvgIpc) is 2.72. The van der Waals surface area contributed by atoms with Gasteiger partial charge in [0.1, 0.15) is 0 Å². The lowest BCUT2D eigenvalue weighted by Gasteiger charge is -2.38. The molecular formula is C18H36N2. The molecule has 20 heavy (non-hydrogen) atoms. The van der Waals surface area contributed by atoms with E-state index >= 15 is 0 Å². The van der Waals surface area contributed by atoms with Gasteiger partial charge < -0.3 is 10.2 Å². The molecule has 1 aliphatic carbocycles. The number of hydrogen-bond acceptors (Lipinski definition) is 2. The zero-order chi connectivity index (χ0) is 14.4. The summed E-state index contributed by atoms with van der Waals surface area (Å²) in [5.41, 5.74) is 0. The van der Waals surface area contributed by atoms with Crippen molar-refractivity contribution in [3.05, 3.63) is 0 Å². The van der Waals surface area contributed by atoms with E-state index in [-0.39, 0.29) is 0 Å². The van der Waals surface area contributed by atoms with Gasteiger partial charge in [-0.2, -0.15) is 0 Å². The van der Waals surface area contributed by atoms with E-state index in [0.717, 1.165) is 23.8 Å². The molecule has 118 valence electrons. The number of hydrogen-bond donors (Lipinski definition) is 1. The van der Waals surface area contributed by atoms with Gasteiger partial charge in [0.05, 0.1) is 0 Å². The van der Waals surface area contributed by atoms with Crippen molar-refractivity contribution < 1.29 is 0 Å². The van der Waals surface area contributed by atoms with Crippen LogP contribution in [0.1, 0.15) is 65.2 Å². The molecule has 0 aromatic carbocycles. The highest BCUT2D eigenvalue weighted by Gasteiger charge is 2.30. The predicted molar refractivity (Wildman–Crippen MR) is 88.0 cm³/mol. The average molecular weight is 281 g/mol. The minimum absolute atomic E-state index is 0.767. The molecule has 4 unspecified atom stereocenters. The van der Waals surface area contributed by atoms with Crippen LogP contribution in [-0.2, 0) is 0 Å². The van der Waals surface area contributed by atoms with Crippen molar-refractivity contribution in [2.75, 3.05) is 26.7 Å². The van der Waals surface area contributed by atoms with E-state index in [0.29, 0.717) is 0 Å². The van der Waals surface area contributed by atoms with Crippen LogP contribution in [0.4, 0.5) is 0 Å². The van der Waals surface area contributed by atoms with Gasteiger partial charge in [-0.15, -0.1) is 0 Å². The third kappa shape index (κ3) is 4.46. The quantitative estimate of drug-likeness (QED) is 0.821. The van der Waals surface area contributed by atoms with Crippen LogP contribution in [0, 0.1) is 17.8 Å².